The molecule has 2 aliphatic heterocycles. The number of carbonyl (C=O) groups excluding carboxylic acids is 1. The molecule has 3 heterocycles. The lowest BCUT2D eigenvalue weighted by Crippen LogP contribution is -2.44. The van der Waals surface area contributed by atoms with Gasteiger partial charge in [0.25, 0.3) is 5.92 Å². The minimum atomic E-state index is -2.76. The largest absolute Gasteiger partial charge is 0.354 e. The number of aromatic nitrogens is 1. The molecule has 0 aliphatic carbocycles. The van der Waals surface area contributed by atoms with Gasteiger partial charge in [-0.05, 0) is 38.3 Å². The fourth-order valence-electron chi connectivity index (χ4n) is 3.43. The molecule has 0 aromatic carbocycles. The van der Waals surface area contributed by atoms with E-state index in [1.165, 1.54) is 5.01 Å². The van der Waals surface area contributed by atoms with Gasteiger partial charge >= 0.3 is 0 Å². The van der Waals surface area contributed by atoms with Crippen LogP contribution in [0.4, 0.5) is 8.78 Å². The number of thiazole rings is 1. The van der Waals surface area contributed by atoms with Gasteiger partial charge in [-0.15, -0.1) is 11.3 Å². The van der Waals surface area contributed by atoms with E-state index in [9.17, 15) is 13.6 Å². The van der Waals surface area contributed by atoms with Gasteiger partial charge < -0.3 is 5.32 Å². The fraction of sp³-hybridized carbons (Fsp3) is 0.765. The Morgan fingerprint density at radius 3 is 2.84 bits per heavy atom. The molecule has 2 aliphatic rings. The van der Waals surface area contributed by atoms with Crippen LogP contribution in [0, 0.1) is 5.92 Å². The number of alkyl halides is 2. The Labute approximate surface area is 151 Å². The van der Waals surface area contributed by atoms with E-state index in [1.807, 2.05) is 0 Å². The maximum atomic E-state index is 13.1. The molecule has 140 valence electrons. The number of hydrogen-bond acceptors (Lipinski definition) is 5. The Bertz CT molecular complexity index is 587. The Morgan fingerprint density at radius 2 is 2.24 bits per heavy atom. The molecule has 2 saturated heterocycles. The van der Waals surface area contributed by atoms with Crippen molar-refractivity contribution in [1.82, 2.24) is 20.5 Å². The zero-order valence-electron chi connectivity index (χ0n) is 14.6. The second-order valence-corrected chi connectivity index (χ2v) is 7.99. The van der Waals surface area contributed by atoms with Gasteiger partial charge in [-0.1, -0.05) is 6.92 Å². The molecule has 1 unspecified atom stereocenters. The van der Waals surface area contributed by atoms with E-state index in [4.69, 9.17) is 0 Å². The standard InChI is InChI=1S/C17H26F2N4OS/c1-2-15-22-13(10-25-15)9-23-5-3-12(4-6-23)8-20-16(24)14-7-17(18,19)11-21-14/h10,12,14,21H,2-9,11H2,1H3,(H,20,24). The Morgan fingerprint density at radius 1 is 1.48 bits per heavy atom. The molecule has 0 bridgehead atoms. The van der Waals surface area contributed by atoms with Crippen LogP contribution in [-0.2, 0) is 17.8 Å². The van der Waals surface area contributed by atoms with Crippen LogP contribution in [0.5, 0.6) is 0 Å². The van der Waals surface area contributed by atoms with Crippen LogP contribution in [0.1, 0.15) is 36.9 Å². The molecular formula is C17H26F2N4OS. The highest BCUT2D eigenvalue weighted by molar-refractivity contribution is 7.09. The first kappa shape index (κ1) is 18.7. The average Bonchev–Trinajstić information content (AvgIpc) is 3.20. The van der Waals surface area contributed by atoms with Crippen molar-refractivity contribution in [3.63, 3.8) is 0 Å². The Balaban J connectivity index is 1.36. The monoisotopic (exact) mass is 372 g/mol. The molecule has 1 atom stereocenters. The second kappa shape index (κ2) is 8.05. The normalized spacial score (nSPS) is 24.5. The lowest BCUT2D eigenvalue weighted by atomic mass is 9.96. The van der Waals surface area contributed by atoms with E-state index in [2.05, 4.69) is 32.8 Å². The molecule has 1 amide bonds. The number of halogens is 2. The first-order valence-corrected chi connectivity index (χ1v) is 9.87. The van der Waals surface area contributed by atoms with Crippen molar-refractivity contribution in [2.45, 2.75) is 51.1 Å². The van der Waals surface area contributed by atoms with Crippen molar-refractivity contribution >= 4 is 17.2 Å². The van der Waals surface area contributed by atoms with E-state index in [0.29, 0.717) is 12.5 Å². The van der Waals surface area contributed by atoms with E-state index in [0.717, 1.165) is 44.6 Å². The minimum Gasteiger partial charge on any atom is -0.354 e. The Hall–Kier alpha value is -1.12. The quantitative estimate of drug-likeness (QED) is 0.802. The summed E-state index contributed by atoms with van der Waals surface area (Å²) < 4.78 is 26.3. The molecule has 1 aromatic rings. The molecule has 2 N–H and O–H groups in total. The lowest BCUT2D eigenvalue weighted by Gasteiger charge is -2.31. The predicted molar refractivity (Wildman–Crippen MR) is 93.9 cm³/mol. The van der Waals surface area contributed by atoms with Gasteiger partial charge in [0.05, 0.1) is 23.3 Å². The molecule has 2 fully saturated rings. The summed E-state index contributed by atoms with van der Waals surface area (Å²) in [6.45, 7) is 5.15. The van der Waals surface area contributed by atoms with Crippen LogP contribution in [0.2, 0.25) is 0 Å². The van der Waals surface area contributed by atoms with Gasteiger partial charge in [0, 0.05) is 24.9 Å². The number of piperidine rings is 1. The maximum Gasteiger partial charge on any atom is 0.262 e. The van der Waals surface area contributed by atoms with E-state index >= 15 is 0 Å². The Kier molecular flexibility index (Phi) is 6.01. The number of aryl methyl sites for hydroxylation is 1. The molecule has 5 nitrogen and oxygen atoms in total. The molecule has 1 aromatic heterocycles. The third kappa shape index (κ3) is 5.18. The minimum absolute atomic E-state index is 0.297. The third-order valence-corrected chi connectivity index (χ3v) is 6.03. The van der Waals surface area contributed by atoms with Gasteiger partial charge in [0.1, 0.15) is 0 Å². The number of rotatable bonds is 6. The van der Waals surface area contributed by atoms with Crippen molar-refractivity contribution in [1.29, 1.82) is 0 Å². The smallest absolute Gasteiger partial charge is 0.262 e. The van der Waals surface area contributed by atoms with E-state index in [1.54, 1.807) is 11.3 Å². The van der Waals surface area contributed by atoms with Crippen molar-refractivity contribution in [3.8, 4) is 0 Å². The van der Waals surface area contributed by atoms with Crippen LogP contribution in [-0.4, -0.2) is 53.9 Å². The van der Waals surface area contributed by atoms with Crippen LogP contribution in [0.3, 0.4) is 0 Å². The van der Waals surface area contributed by atoms with Crippen LogP contribution in [0.15, 0.2) is 5.38 Å². The van der Waals surface area contributed by atoms with Crippen molar-refractivity contribution in [2.24, 2.45) is 5.92 Å². The lowest BCUT2D eigenvalue weighted by molar-refractivity contribution is -0.123. The SMILES string of the molecule is CCc1nc(CN2CCC(CNC(=O)C3CC(F)(F)CN3)CC2)cs1. The number of likely N-dealkylation sites (tertiary alicyclic amines) is 1. The first-order valence-electron chi connectivity index (χ1n) is 9.00. The van der Waals surface area contributed by atoms with E-state index in [-0.39, 0.29) is 5.91 Å². The van der Waals surface area contributed by atoms with E-state index < -0.39 is 24.9 Å². The topological polar surface area (TPSA) is 57.3 Å². The summed E-state index contributed by atoms with van der Waals surface area (Å²) in [5.74, 6) is -2.64. The summed E-state index contributed by atoms with van der Waals surface area (Å²) in [6.07, 6.45) is 2.61. The van der Waals surface area contributed by atoms with Gasteiger partial charge in [0.2, 0.25) is 5.91 Å². The number of amides is 1. The maximum absolute atomic E-state index is 13.1. The van der Waals surface area contributed by atoms with Gasteiger partial charge in [-0.2, -0.15) is 0 Å². The zero-order chi connectivity index (χ0) is 17.9. The van der Waals surface area contributed by atoms with Gasteiger partial charge in [-0.25, -0.2) is 13.8 Å². The van der Waals surface area contributed by atoms with Crippen LogP contribution in [0.25, 0.3) is 0 Å². The number of nitrogens with one attached hydrogen (secondary N) is 2. The van der Waals surface area contributed by atoms with Crippen molar-refractivity contribution in [2.75, 3.05) is 26.2 Å². The number of hydrogen-bond donors (Lipinski definition) is 2. The summed E-state index contributed by atoms with van der Waals surface area (Å²) in [5, 5.41) is 8.76. The zero-order valence-corrected chi connectivity index (χ0v) is 15.4. The molecule has 8 heteroatoms. The van der Waals surface area contributed by atoms with Crippen LogP contribution >= 0.6 is 11.3 Å². The highest BCUT2D eigenvalue weighted by atomic mass is 32.1. The third-order valence-electron chi connectivity index (χ3n) is 4.99. The second-order valence-electron chi connectivity index (χ2n) is 7.04. The van der Waals surface area contributed by atoms with Gasteiger partial charge in [-0.3, -0.25) is 15.0 Å². The highest BCUT2D eigenvalue weighted by Gasteiger charge is 2.42. The molecule has 0 spiro atoms. The molecule has 3 rings (SSSR count). The van der Waals surface area contributed by atoms with Crippen LogP contribution < -0.4 is 10.6 Å². The highest BCUT2D eigenvalue weighted by Crippen LogP contribution is 2.25. The summed E-state index contributed by atoms with van der Waals surface area (Å²) in [7, 11) is 0. The molecule has 0 radical (unpaired) electrons. The summed E-state index contributed by atoms with van der Waals surface area (Å²) in [5.41, 5.74) is 1.14. The van der Waals surface area contributed by atoms with Crippen molar-refractivity contribution in [3.05, 3.63) is 16.1 Å². The first-order chi connectivity index (χ1) is 11.9. The number of nitrogens with zero attached hydrogens (tertiary/aromatic N) is 2. The number of carbonyl (C=O) groups is 1. The van der Waals surface area contributed by atoms with Gasteiger partial charge in [0.15, 0.2) is 0 Å². The summed E-state index contributed by atoms with van der Waals surface area (Å²) >= 11 is 1.72. The predicted octanol–water partition coefficient (Wildman–Crippen LogP) is 2.03. The molecule has 25 heavy (non-hydrogen) atoms. The summed E-state index contributed by atoms with van der Waals surface area (Å²) in [4.78, 5) is 19.0. The fourth-order valence-corrected chi connectivity index (χ4v) is 4.17. The average molecular weight is 372 g/mol. The summed E-state index contributed by atoms with van der Waals surface area (Å²) in [6, 6.07) is -0.757. The molecule has 0 saturated carbocycles. The van der Waals surface area contributed by atoms with Crippen molar-refractivity contribution < 1.29 is 13.6 Å². The molecular weight excluding hydrogens is 346 g/mol.